The van der Waals surface area contributed by atoms with E-state index in [1.807, 2.05) is 0 Å². The third-order valence-electron chi connectivity index (χ3n) is 3.81. The fraction of sp³-hybridized carbons (Fsp3) is 0.571. The molecular formula is C14H18BrClO3S. The summed E-state index contributed by atoms with van der Waals surface area (Å²) in [7, 11) is 1.68. The van der Waals surface area contributed by atoms with E-state index in [1.165, 1.54) is 12.5 Å². The van der Waals surface area contributed by atoms with E-state index in [1.54, 1.807) is 12.1 Å². The summed E-state index contributed by atoms with van der Waals surface area (Å²) >= 11 is 3.26. The number of hydrogen-bond donors (Lipinski definition) is 0. The summed E-state index contributed by atoms with van der Waals surface area (Å²) < 4.78 is 30.0. The summed E-state index contributed by atoms with van der Waals surface area (Å²) in [4.78, 5) is 0.0361. The molecule has 2 atom stereocenters. The molecule has 1 saturated carbocycles. The van der Waals surface area contributed by atoms with Gasteiger partial charge in [-0.3, -0.25) is 0 Å². The molecule has 6 heteroatoms. The Morgan fingerprint density at radius 2 is 2.05 bits per heavy atom. The Labute approximate surface area is 133 Å². The average molecular weight is 382 g/mol. The van der Waals surface area contributed by atoms with Crippen LogP contribution in [0.15, 0.2) is 27.6 Å². The van der Waals surface area contributed by atoms with Crippen molar-refractivity contribution in [1.29, 1.82) is 0 Å². The van der Waals surface area contributed by atoms with Crippen molar-refractivity contribution in [3.8, 4) is 5.75 Å². The van der Waals surface area contributed by atoms with E-state index in [9.17, 15) is 8.42 Å². The first-order chi connectivity index (χ1) is 9.41. The molecule has 0 N–H and O–H groups in total. The van der Waals surface area contributed by atoms with Crippen LogP contribution < -0.4 is 4.74 Å². The maximum absolute atomic E-state index is 11.7. The van der Waals surface area contributed by atoms with Crippen LogP contribution in [0, 0.1) is 5.92 Å². The second kappa shape index (κ2) is 6.67. The molecule has 0 amide bonds. The van der Waals surface area contributed by atoms with Crippen molar-refractivity contribution in [3.63, 3.8) is 0 Å². The van der Waals surface area contributed by atoms with E-state index < -0.39 is 9.05 Å². The predicted molar refractivity (Wildman–Crippen MR) is 83.8 cm³/mol. The molecular weight excluding hydrogens is 364 g/mol. The highest BCUT2D eigenvalue weighted by molar-refractivity contribution is 9.10. The molecule has 0 spiro atoms. The minimum absolute atomic E-state index is 0.0361. The molecule has 2 unspecified atom stereocenters. The van der Waals surface area contributed by atoms with Gasteiger partial charge in [0.1, 0.15) is 16.7 Å². The lowest BCUT2D eigenvalue weighted by molar-refractivity contribution is 0.0875. The highest BCUT2D eigenvalue weighted by atomic mass is 79.9. The molecule has 0 aliphatic heterocycles. The Morgan fingerprint density at radius 1 is 1.35 bits per heavy atom. The quantitative estimate of drug-likeness (QED) is 0.708. The van der Waals surface area contributed by atoms with Crippen LogP contribution >= 0.6 is 26.6 Å². The fourth-order valence-electron chi connectivity index (χ4n) is 2.73. The van der Waals surface area contributed by atoms with Crippen molar-refractivity contribution in [2.75, 3.05) is 0 Å². The lowest BCUT2D eigenvalue weighted by Gasteiger charge is -2.31. The largest absolute Gasteiger partial charge is 0.489 e. The lowest BCUT2D eigenvalue weighted by atomic mass is 9.85. The van der Waals surface area contributed by atoms with Gasteiger partial charge in [0.2, 0.25) is 0 Å². The molecule has 1 aromatic carbocycles. The molecule has 0 radical (unpaired) electrons. The van der Waals surface area contributed by atoms with Crippen molar-refractivity contribution in [3.05, 3.63) is 22.7 Å². The topological polar surface area (TPSA) is 43.4 Å². The number of ether oxygens (including phenoxy) is 1. The zero-order chi connectivity index (χ0) is 14.8. The molecule has 112 valence electrons. The standard InChI is InChI=1S/C14H18BrClO3S/c1-2-10-5-3-4-6-12(10)19-13-8-7-11(15)9-14(13)20(16,17)18/h7-10,12H,2-6H2,1H3. The summed E-state index contributed by atoms with van der Waals surface area (Å²) in [5.74, 6) is 0.840. The Balaban J connectivity index is 2.29. The average Bonchev–Trinajstić information content (AvgIpc) is 2.40. The van der Waals surface area contributed by atoms with Crippen LogP contribution in [0.5, 0.6) is 5.75 Å². The van der Waals surface area contributed by atoms with Gasteiger partial charge in [0.15, 0.2) is 0 Å². The molecule has 2 rings (SSSR count). The van der Waals surface area contributed by atoms with Crippen LogP contribution in [0.25, 0.3) is 0 Å². The number of rotatable bonds is 4. The van der Waals surface area contributed by atoms with Crippen molar-refractivity contribution >= 4 is 35.7 Å². The van der Waals surface area contributed by atoms with E-state index in [0.29, 0.717) is 16.1 Å². The molecule has 1 fully saturated rings. The first kappa shape index (κ1) is 16.1. The zero-order valence-corrected chi connectivity index (χ0v) is 14.5. The van der Waals surface area contributed by atoms with Crippen molar-refractivity contribution in [2.45, 2.75) is 50.0 Å². The van der Waals surface area contributed by atoms with Gasteiger partial charge in [-0.1, -0.05) is 29.3 Å². The van der Waals surface area contributed by atoms with Gasteiger partial charge in [-0.15, -0.1) is 0 Å². The van der Waals surface area contributed by atoms with Crippen LogP contribution in [0.2, 0.25) is 0 Å². The van der Waals surface area contributed by atoms with Crippen LogP contribution in [0.1, 0.15) is 39.0 Å². The van der Waals surface area contributed by atoms with Crippen molar-refractivity contribution in [2.24, 2.45) is 5.92 Å². The van der Waals surface area contributed by atoms with E-state index in [0.717, 1.165) is 25.7 Å². The monoisotopic (exact) mass is 380 g/mol. The highest BCUT2D eigenvalue weighted by Crippen LogP contribution is 2.35. The smallest absolute Gasteiger partial charge is 0.265 e. The molecule has 3 nitrogen and oxygen atoms in total. The van der Waals surface area contributed by atoms with Crippen LogP contribution in [-0.4, -0.2) is 14.5 Å². The van der Waals surface area contributed by atoms with Crippen LogP contribution in [0.3, 0.4) is 0 Å². The third kappa shape index (κ3) is 3.89. The van der Waals surface area contributed by atoms with E-state index >= 15 is 0 Å². The van der Waals surface area contributed by atoms with Gasteiger partial charge in [-0.05, 0) is 49.8 Å². The van der Waals surface area contributed by atoms with Gasteiger partial charge >= 0.3 is 0 Å². The summed E-state index contributed by atoms with van der Waals surface area (Å²) in [5.41, 5.74) is 0. The second-order valence-electron chi connectivity index (χ2n) is 5.14. The summed E-state index contributed by atoms with van der Waals surface area (Å²) in [6, 6.07) is 4.92. The Morgan fingerprint density at radius 3 is 2.70 bits per heavy atom. The Hall–Kier alpha value is -0.260. The summed E-state index contributed by atoms with van der Waals surface area (Å²) in [5, 5.41) is 0. The Bertz CT molecular complexity index is 574. The van der Waals surface area contributed by atoms with Crippen LogP contribution in [0.4, 0.5) is 0 Å². The lowest BCUT2D eigenvalue weighted by Crippen LogP contribution is -2.30. The van der Waals surface area contributed by atoms with Gasteiger partial charge in [-0.25, -0.2) is 8.42 Å². The van der Waals surface area contributed by atoms with Gasteiger partial charge in [0.05, 0.1) is 0 Å². The molecule has 1 aliphatic carbocycles. The molecule has 0 saturated heterocycles. The maximum atomic E-state index is 11.7. The van der Waals surface area contributed by atoms with E-state index in [2.05, 4.69) is 22.9 Å². The van der Waals surface area contributed by atoms with Crippen LogP contribution in [-0.2, 0) is 9.05 Å². The number of hydrogen-bond acceptors (Lipinski definition) is 3. The SMILES string of the molecule is CCC1CCCCC1Oc1ccc(Br)cc1S(=O)(=O)Cl. The van der Waals surface area contributed by atoms with Crippen molar-refractivity contribution < 1.29 is 13.2 Å². The maximum Gasteiger partial charge on any atom is 0.265 e. The molecule has 0 aromatic heterocycles. The molecule has 0 heterocycles. The third-order valence-corrected chi connectivity index (χ3v) is 5.65. The number of halogens is 2. The summed E-state index contributed by atoms with van der Waals surface area (Å²) in [6.07, 6.45) is 5.58. The zero-order valence-electron chi connectivity index (χ0n) is 11.3. The van der Waals surface area contributed by atoms with Gasteiger partial charge < -0.3 is 4.74 Å². The predicted octanol–water partition coefficient (Wildman–Crippen LogP) is 4.72. The van der Waals surface area contributed by atoms with Gasteiger partial charge in [0.25, 0.3) is 9.05 Å². The van der Waals surface area contributed by atoms with Gasteiger partial charge in [-0.2, -0.15) is 0 Å². The molecule has 1 aliphatic rings. The molecule has 1 aromatic rings. The fourth-order valence-corrected chi connectivity index (χ4v) is 4.23. The molecule has 0 bridgehead atoms. The Kier molecular flexibility index (Phi) is 5.37. The summed E-state index contributed by atoms with van der Waals surface area (Å²) in [6.45, 7) is 2.15. The first-order valence-electron chi connectivity index (χ1n) is 6.82. The minimum atomic E-state index is -3.81. The first-order valence-corrected chi connectivity index (χ1v) is 9.93. The normalized spacial score (nSPS) is 23.6. The minimum Gasteiger partial charge on any atom is -0.489 e. The van der Waals surface area contributed by atoms with Gasteiger partial charge in [0, 0.05) is 15.2 Å². The van der Waals surface area contributed by atoms with E-state index in [4.69, 9.17) is 15.4 Å². The number of benzene rings is 1. The van der Waals surface area contributed by atoms with Crippen molar-refractivity contribution in [1.82, 2.24) is 0 Å². The van der Waals surface area contributed by atoms with E-state index in [-0.39, 0.29) is 11.0 Å². The highest BCUT2D eigenvalue weighted by Gasteiger charge is 2.27. The molecule has 20 heavy (non-hydrogen) atoms. The second-order valence-corrected chi connectivity index (χ2v) is 8.59.